The molecule has 150 valence electrons. The smallest absolute Gasteiger partial charge is 0.296 e. The second kappa shape index (κ2) is 6.01. The van der Waals surface area contributed by atoms with Crippen LogP contribution in [0.4, 0.5) is 0 Å². The van der Waals surface area contributed by atoms with Gasteiger partial charge in [-0.3, -0.25) is 14.1 Å². The summed E-state index contributed by atoms with van der Waals surface area (Å²) in [7, 11) is -2.71. The normalized spacial score (nSPS) is 12.4. The van der Waals surface area contributed by atoms with Crippen LogP contribution in [0.15, 0.2) is 63.0 Å². The van der Waals surface area contributed by atoms with E-state index in [4.69, 9.17) is 0 Å². The zero-order valence-corrected chi connectivity index (χ0v) is 16.9. The summed E-state index contributed by atoms with van der Waals surface area (Å²) < 4.78 is 34.9. The first-order valence-electron chi connectivity index (χ1n) is 9.16. The number of aromatic nitrogens is 2. The van der Waals surface area contributed by atoms with Gasteiger partial charge in [0.1, 0.15) is 4.90 Å². The lowest BCUT2D eigenvalue weighted by molar-refractivity contribution is 0.484. The predicted octanol–water partition coefficient (Wildman–Crippen LogP) is 3.24. The molecule has 0 fully saturated rings. The van der Waals surface area contributed by atoms with Crippen molar-refractivity contribution in [1.29, 1.82) is 0 Å². The molecule has 30 heavy (non-hydrogen) atoms. The van der Waals surface area contributed by atoms with E-state index >= 15 is 0 Å². The Hall–Kier alpha value is -3.49. The lowest BCUT2D eigenvalue weighted by atomic mass is 10.0. The van der Waals surface area contributed by atoms with Crippen molar-refractivity contribution in [3.05, 3.63) is 74.5 Å². The van der Waals surface area contributed by atoms with Gasteiger partial charge in [-0.1, -0.05) is 17.7 Å². The molecule has 0 amide bonds. The highest BCUT2D eigenvalue weighted by Crippen LogP contribution is 2.26. The fourth-order valence-electron chi connectivity index (χ4n) is 4.08. The number of fused-ring (bicyclic) bond motifs is 4. The molecule has 5 aromatic rings. The fourth-order valence-corrected chi connectivity index (χ4v) is 4.75. The molecule has 0 atom stereocenters. The van der Waals surface area contributed by atoms with Crippen LogP contribution in [0.3, 0.4) is 0 Å². The number of benzene rings is 3. The average molecular weight is 420 g/mol. The molecular weight excluding hydrogens is 404 g/mol. The molecule has 5 rings (SSSR count). The standard InChI is InChI=1S/C22H16N2O5S/c1-11-6-7-17-14(8-11)22(26)15-9-16-13(10-18(15)24(17)2)21(25)12-4-3-5-19(20(12)23-16)30(27,28)29/h3-10H,1-2H3,(H,23,25)(H,27,28,29). The van der Waals surface area contributed by atoms with E-state index in [1.54, 1.807) is 12.1 Å². The molecule has 3 aromatic carbocycles. The van der Waals surface area contributed by atoms with Crippen molar-refractivity contribution in [1.82, 2.24) is 9.55 Å². The van der Waals surface area contributed by atoms with E-state index < -0.39 is 10.1 Å². The summed E-state index contributed by atoms with van der Waals surface area (Å²) in [5.41, 5.74) is 2.07. The number of hydrogen-bond donors (Lipinski definition) is 2. The molecule has 8 heteroatoms. The van der Waals surface area contributed by atoms with Gasteiger partial charge in [-0.15, -0.1) is 0 Å². The maximum Gasteiger partial charge on any atom is 0.296 e. The molecule has 7 nitrogen and oxygen atoms in total. The molecule has 0 radical (unpaired) electrons. The summed E-state index contributed by atoms with van der Waals surface area (Å²) >= 11 is 0. The summed E-state index contributed by atoms with van der Waals surface area (Å²) in [5.74, 6) is 0. The van der Waals surface area contributed by atoms with E-state index in [0.717, 1.165) is 11.1 Å². The van der Waals surface area contributed by atoms with Crippen LogP contribution in [0.5, 0.6) is 0 Å². The zero-order valence-electron chi connectivity index (χ0n) is 16.1. The predicted molar refractivity (Wildman–Crippen MR) is 117 cm³/mol. The highest BCUT2D eigenvalue weighted by molar-refractivity contribution is 7.86. The first-order chi connectivity index (χ1) is 14.2. The molecule has 0 aliphatic carbocycles. The van der Waals surface area contributed by atoms with Crippen LogP contribution in [-0.4, -0.2) is 22.5 Å². The first kappa shape index (κ1) is 18.5. The summed E-state index contributed by atoms with van der Waals surface area (Å²) in [6.07, 6.45) is 0. The number of nitrogens with one attached hydrogen (secondary N) is 1. The van der Waals surface area contributed by atoms with Gasteiger partial charge in [-0.05, 0) is 43.3 Å². The molecule has 0 bridgehead atoms. The van der Waals surface area contributed by atoms with Gasteiger partial charge in [0, 0.05) is 28.6 Å². The highest BCUT2D eigenvalue weighted by atomic mass is 32.2. The molecule has 0 aliphatic rings. The van der Waals surface area contributed by atoms with Crippen molar-refractivity contribution in [3.8, 4) is 0 Å². The maximum absolute atomic E-state index is 13.2. The van der Waals surface area contributed by atoms with Crippen LogP contribution in [0.1, 0.15) is 5.56 Å². The summed E-state index contributed by atoms with van der Waals surface area (Å²) in [6, 6.07) is 12.9. The third kappa shape index (κ3) is 2.51. The summed E-state index contributed by atoms with van der Waals surface area (Å²) in [6.45, 7) is 1.91. The second-order valence-corrected chi connectivity index (χ2v) is 8.82. The number of aromatic amines is 1. The molecule has 0 saturated heterocycles. The lowest BCUT2D eigenvalue weighted by Crippen LogP contribution is -2.12. The van der Waals surface area contributed by atoms with E-state index in [9.17, 15) is 22.6 Å². The molecule has 2 N–H and O–H groups in total. The van der Waals surface area contributed by atoms with Crippen LogP contribution in [-0.2, 0) is 17.2 Å². The van der Waals surface area contributed by atoms with Gasteiger partial charge < -0.3 is 9.55 Å². The Morgan fingerprint density at radius 1 is 0.867 bits per heavy atom. The number of nitrogens with zero attached hydrogens (tertiary/aromatic N) is 1. The quantitative estimate of drug-likeness (QED) is 0.320. The Bertz CT molecular complexity index is 1780. The average Bonchev–Trinajstić information content (AvgIpc) is 2.70. The molecule has 0 aliphatic heterocycles. The van der Waals surface area contributed by atoms with Gasteiger partial charge in [0.2, 0.25) is 0 Å². The minimum atomic E-state index is -4.54. The van der Waals surface area contributed by atoms with E-state index in [1.165, 1.54) is 18.2 Å². The molecular formula is C22H16N2O5S. The summed E-state index contributed by atoms with van der Waals surface area (Å²) in [5, 5.41) is 1.43. The van der Waals surface area contributed by atoms with Gasteiger partial charge in [0.15, 0.2) is 10.9 Å². The Morgan fingerprint density at radius 3 is 2.30 bits per heavy atom. The van der Waals surface area contributed by atoms with Crippen molar-refractivity contribution < 1.29 is 13.0 Å². The van der Waals surface area contributed by atoms with Crippen molar-refractivity contribution in [2.45, 2.75) is 11.8 Å². The zero-order chi connectivity index (χ0) is 21.4. The highest BCUT2D eigenvalue weighted by Gasteiger charge is 2.18. The van der Waals surface area contributed by atoms with Gasteiger partial charge in [0.05, 0.1) is 22.1 Å². The summed E-state index contributed by atoms with van der Waals surface area (Å²) in [4.78, 5) is 28.8. The van der Waals surface area contributed by atoms with Gasteiger partial charge in [-0.25, -0.2) is 0 Å². The number of hydrogen-bond acceptors (Lipinski definition) is 4. The fraction of sp³-hybridized carbons (Fsp3) is 0.0909. The minimum absolute atomic E-state index is 0.00491. The van der Waals surface area contributed by atoms with E-state index in [-0.39, 0.29) is 26.7 Å². The van der Waals surface area contributed by atoms with Crippen LogP contribution in [0.25, 0.3) is 43.6 Å². The number of aryl methyl sites for hydroxylation is 2. The number of H-pyrrole nitrogens is 1. The monoisotopic (exact) mass is 420 g/mol. The lowest BCUT2D eigenvalue weighted by Gasteiger charge is -2.13. The van der Waals surface area contributed by atoms with Gasteiger partial charge >= 0.3 is 0 Å². The van der Waals surface area contributed by atoms with Crippen LogP contribution >= 0.6 is 0 Å². The SMILES string of the molecule is Cc1ccc2c(c1)c(=O)c1cc3[nH]c4c(S(=O)(=O)O)cccc4c(=O)c3cc1n2C. The molecule has 2 aromatic heterocycles. The Balaban J connectivity index is 2.04. The van der Waals surface area contributed by atoms with Crippen LogP contribution in [0, 0.1) is 6.92 Å². The number of para-hydroxylation sites is 1. The maximum atomic E-state index is 13.2. The van der Waals surface area contributed by atoms with E-state index in [2.05, 4.69) is 4.98 Å². The third-order valence-electron chi connectivity index (χ3n) is 5.55. The van der Waals surface area contributed by atoms with Crippen LogP contribution in [0.2, 0.25) is 0 Å². The largest absolute Gasteiger partial charge is 0.353 e. The Labute approximate surface area is 169 Å². The number of pyridine rings is 2. The Kier molecular flexibility index (Phi) is 3.71. The van der Waals surface area contributed by atoms with Crippen LogP contribution < -0.4 is 10.9 Å². The third-order valence-corrected chi connectivity index (χ3v) is 6.45. The molecule has 0 saturated carbocycles. The molecule has 0 unspecified atom stereocenters. The number of rotatable bonds is 1. The van der Waals surface area contributed by atoms with Crippen molar-refractivity contribution in [2.75, 3.05) is 0 Å². The molecule has 0 spiro atoms. The van der Waals surface area contributed by atoms with Crippen molar-refractivity contribution in [3.63, 3.8) is 0 Å². The molecule has 2 heterocycles. The Morgan fingerprint density at radius 2 is 1.57 bits per heavy atom. The van der Waals surface area contributed by atoms with Gasteiger partial charge in [-0.2, -0.15) is 8.42 Å². The van der Waals surface area contributed by atoms with E-state index in [1.807, 2.05) is 36.7 Å². The minimum Gasteiger partial charge on any atom is -0.353 e. The first-order valence-corrected chi connectivity index (χ1v) is 10.6. The van der Waals surface area contributed by atoms with Crippen molar-refractivity contribution in [2.24, 2.45) is 7.05 Å². The van der Waals surface area contributed by atoms with Crippen molar-refractivity contribution >= 4 is 53.7 Å². The van der Waals surface area contributed by atoms with Gasteiger partial charge in [0.25, 0.3) is 10.1 Å². The second-order valence-electron chi connectivity index (χ2n) is 7.43. The topological polar surface area (TPSA) is 109 Å². The van der Waals surface area contributed by atoms with E-state index in [0.29, 0.717) is 27.2 Å².